The number of nitrogens with zero attached hydrogens (tertiary/aromatic N) is 1. The summed E-state index contributed by atoms with van der Waals surface area (Å²) in [5, 5.41) is 0. The molecule has 0 saturated carbocycles. The summed E-state index contributed by atoms with van der Waals surface area (Å²) in [6.07, 6.45) is 0.911. The normalized spacial score (nSPS) is 24.8. The lowest BCUT2D eigenvalue weighted by Crippen LogP contribution is -2.42. The number of hydrogen-bond acceptors (Lipinski definition) is 3. The van der Waals surface area contributed by atoms with Gasteiger partial charge in [-0.25, -0.2) is 8.42 Å². The highest BCUT2D eigenvalue weighted by Crippen LogP contribution is 2.31. The van der Waals surface area contributed by atoms with Crippen molar-refractivity contribution in [2.75, 3.05) is 13.1 Å². The van der Waals surface area contributed by atoms with Crippen LogP contribution in [-0.4, -0.2) is 25.8 Å². The fourth-order valence-electron chi connectivity index (χ4n) is 2.45. The molecule has 0 aromatic heterocycles. The Morgan fingerprint density at radius 3 is 2.65 bits per heavy atom. The molecular formula is C14H21BrN2O2S. The Bertz CT molecular complexity index is 589. The Balaban J connectivity index is 2.35. The van der Waals surface area contributed by atoms with E-state index in [1.165, 1.54) is 0 Å². The van der Waals surface area contributed by atoms with Crippen molar-refractivity contribution in [1.29, 1.82) is 0 Å². The van der Waals surface area contributed by atoms with Gasteiger partial charge in [0, 0.05) is 24.1 Å². The standard InChI is InChI=1S/C14H21BrN2O2S/c1-10-5-6-17(9-11(10)2)20(18,19)14-7-12(8-16)3-4-13(14)15/h3-4,7,10-11H,5-6,8-9,16H2,1-2H3. The van der Waals surface area contributed by atoms with Crippen molar-refractivity contribution in [3.63, 3.8) is 0 Å². The van der Waals surface area contributed by atoms with Crippen LogP contribution in [0.1, 0.15) is 25.8 Å². The molecule has 1 heterocycles. The molecule has 0 amide bonds. The first-order valence-corrected chi connectivity index (χ1v) is 9.08. The summed E-state index contributed by atoms with van der Waals surface area (Å²) in [4.78, 5) is 0.321. The van der Waals surface area contributed by atoms with Gasteiger partial charge in [-0.1, -0.05) is 19.9 Å². The van der Waals surface area contributed by atoms with Crippen LogP contribution in [0.15, 0.2) is 27.6 Å². The molecule has 2 rings (SSSR count). The summed E-state index contributed by atoms with van der Waals surface area (Å²) in [7, 11) is -3.45. The maximum atomic E-state index is 12.8. The fourth-order valence-corrected chi connectivity index (χ4v) is 4.98. The highest BCUT2D eigenvalue weighted by atomic mass is 79.9. The predicted molar refractivity (Wildman–Crippen MR) is 83.7 cm³/mol. The molecule has 1 aliphatic heterocycles. The van der Waals surface area contributed by atoms with Gasteiger partial charge in [0.25, 0.3) is 0 Å². The van der Waals surface area contributed by atoms with Gasteiger partial charge in [0.05, 0.1) is 4.90 Å². The van der Waals surface area contributed by atoms with Gasteiger partial charge in [0.15, 0.2) is 0 Å². The summed E-state index contributed by atoms with van der Waals surface area (Å²) in [5.41, 5.74) is 6.43. The lowest BCUT2D eigenvalue weighted by molar-refractivity contribution is 0.212. The van der Waals surface area contributed by atoms with Crippen molar-refractivity contribution in [3.05, 3.63) is 28.2 Å². The second kappa shape index (κ2) is 6.13. The first-order valence-electron chi connectivity index (χ1n) is 6.85. The lowest BCUT2D eigenvalue weighted by atomic mass is 9.90. The summed E-state index contributed by atoms with van der Waals surface area (Å²) >= 11 is 3.34. The van der Waals surface area contributed by atoms with Crippen molar-refractivity contribution >= 4 is 26.0 Å². The van der Waals surface area contributed by atoms with Crippen molar-refractivity contribution in [1.82, 2.24) is 4.31 Å². The number of halogens is 1. The second-order valence-electron chi connectivity index (χ2n) is 5.58. The van der Waals surface area contributed by atoms with Gasteiger partial charge in [0.2, 0.25) is 10.0 Å². The molecule has 1 aliphatic rings. The smallest absolute Gasteiger partial charge is 0.244 e. The average molecular weight is 361 g/mol. The molecule has 2 atom stereocenters. The van der Waals surface area contributed by atoms with E-state index in [9.17, 15) is 8.42 Å². The van der Waals surface area contributed by atoms with E-state index in [2.05, 4.69) is 29.8 Å². The van der Waals surface area contributed by atoms with Gasteiger partial charge in [-0.2, -0.15) is 4.31 Å². The van der Waals surface area contributed by atoms with E-state index in [1.54, 1.807) is 16.4 Å². The van der Waals surface area contributed by atoms with Crippen LogP contribution in [0.3, 0.4) is 0 Å². The average Bonchev–Trinajstić information content (AvgIpc) is 2.42. The zero-order chi connectivity index (χ0) is 14.9. The third kappa shape index (κ3) is 3.08. The second-order valence-corrected chi connectivity index (χ2v) is 8.34. The summed E-state index contributed by atoms with van der Waals surface area (Å²) in [6, 6.07) is 5.26. The quantitative estimate of drug-likeness (QED) is 0.900. The molecule has 0 radical (unpaired) electrons. The Morgan fingerprint density at radius 1 is 1.35 bits per heavy atom. The number of sulfonamides is 1. The number of hydrogen-bond donors (Lipinski definition) is 1. The van der Waals surface area contributed by atoms with Crippen LogP contribution in [0.2, 0.25) is 0 Å². The molecule has 0 aliphatic carbocycles. The van der Waals surface area contributed by atoms with Crippen LogP contribution >= 0.6 is 15.9 Å². The molecule has 112 valence electrons. The predicted octanol–water partition coefficient (Wildman–Crippen LogP) is 2.57. The Labute approximate surface area is 129 Å². The Morgan fingerprint density at radius 2 is 2.05 bits per heavy atom. The zero-order valence-electron chi connectivity index (χ0n) is 11.8. The minimum atomic E-state index is -3.45. The largest absolute Gasteiger partial charge is 0.326 e. The summed E-state index contributed by atoms with van der Waals surface area (Å²) in [5.74, 6) is 0.954. The summed E-state index contributed by atoms with van der Waals surface area (Å²) in [6.45, 7) is 5.80. The number of nitrogens with two attached hydrogens (primary N) is 1. The van der Waals surface area contributed by atoms with E-state index < -0.39 is 10.0 Å². The first-order chi connectivity index (χ1) is 9.36. The molecule has 0 bridgehead atoms. The SMILES string of the molecule is CC1CCN(S(=O)(=O)c2cc(CN)ccc2Br)CC1C. The minimum Gasteiger partial charge on any atom is -0.326 e. The molecule has 1 fully saturated rings. The Hall–Kier alpha value is -0.430. The van der Waals surface area contributed by atoms with Gasteiger partial charge < -0.3 is 5.73 Å². The molecule has 20 heavy (non-hydrogen) atoms. The van der Waals surface area contributed by atoms with E-state index in [1.807, 2.05) is 6.07 Å². The molecule has 2 unspecified atom stereocenters. The van der Waals surface area contributed by atoms with Crippen LogP contribution in [-0.2, 0) is 16.6 Å². The van der Waals surface area contributed by atoms with Crippen LogP contribution in [0.5, 0.6) is 0 Å². The molecule has 2 N–H and O–H groups in total. The molecule has 1 aromatic carbocycles. The number of rotatable bonds is 3. The number of piperidine rings is 1. The minimum absolute atomic E-state index is 0.321. The number of benzene rings is 1. The van der Waals surface area contributed by atoms with E-state index in [0.717, 1.165) is 12.0 Å². The maximum Gasteiger partial charge on any atom is 0.244 e. The molecule has 1 saturated heterocycles. The fraction of sp³-hybridized carbons (Fsp3) is 0.571. The highest BCUT2D eigenvalue weighted by molar-refractivity contribution is 9.10. The Kier molecular flexibility index (Phi) is 4.89. The molecular weight excluding hydrogens is 340 g/mol. The van der Waals surface area contributed by atoms with E-state index in [4.69, 9.17) is 5.73 Å². The van der Waals surface area contributed by atoms with Gasteiger partial charge in [0.1, 0.15) is 0 Å². The highest BCUT2D eigenvalue weighted by Gasteiger charge is 2.32. The van der Waals surface area contributed by atoms with Crippen LogP contribution in [0.4, 0.5) is 0 Å². The van der Waals surface area contributed by atoms with Crippen LogP contribution < -0.4 is 5.73 Å². The molecule has 0 spiro atoms. The van der Waals surface area contributed by atoms with E-state index >= 15 is 0 Å². The van der Waals surface area contributed by atoms with Gasteiger partial charge >= 0.3 is 0 Å². The lowest BCUT2D eigenvalue weighted by Gasteiger charge is -2.34. The van der Waals surface area contributed by atoms with Gasteiger partial charge in [-0.15, -0.1) is 0 Å². The molecule has 6 heteroatoms. The van der Waals surface area contributed by atoms with Crippen molar-refractivity contribution < 1.29 is 8.42 Å². The van der Waals surface area contributed by atoms with Crippen molar-refractivity contribution in [2.45, 2.75) is 31.7 Å². The van der Waals surface area contributed by atoms with E-state index in [-0.39, 0.29) is 0 Å². The van der Waals surface area contributed by atoms with Gasteiger partial charge in [-0.3, -0.25) is 0 Å². The monoisotopic (exact) mass is 360 g/mol. The zero-order valence-corrected chi connectivity index (χ0v) is 14.2. The third-order valence-corrected chi connectivity index (χ3v) is 7.01. The van der Waals surface area contributed by atoms with Gasteiger partial charge in [-0.05, 0) is 51.9 Å². The van der Waals surface area contributed by atoms with Crippen LogP contribution in [0, 0.1) is 11.8 Å². The molecule has 4 nitrogen and oxygen atoms in total. The van der Waals surface area contributed by atoms with Crippen molar-refractivity contribution in [2.24, 2.45) is 17.6 Å². The maximum absolute atomic E-state index is 12.8. The first kappa shape index (κ1) is 15.9. The summed E-state index contributed by atoms with van der Waals surface area (Å²) < 4.78 is 27.8. The van der Waals surface area contributed by atoms with E-state index in [0.29, 0.717) is 40.8 Å². The van der Waals surface area contributed by atoms with Crippen molar-refractivity contribution in [3.8, 4) is 0 Å². The third-order valence-electron chi connectivity index (χ3n) is 4.15. The molecule has 1 aromatic rings. The topological polar surface area (TPSA) is 63.4 Å². The van der Waals surface area contributed by atoms with Crippen LogP contribution in [0.25, 0.3) is 0 Å².